The van der Waals surface area contributed by atoms with E-state index in [-0.39, 0.29) is 17.1 Å². The molecule has 0 amide bonds. The third kappa shape index (κ3) is 3.38. The number of aromatic nitrogens is 2. The predicted octanol–water partition coefficient (Wildman–Crippen LogP) is 1.15. The summed E-state index contributed by atoms with van der Waals surface area (Å²) >= 11 is 0. The van der Waals surface area contributed by atoms with Crippen molar-refractivity contribution in [3.8, 4) is 0 Å². The van der Waals surface area contributed by atoms with Gasteiger partial charge >= 0.3 is 0 Å². The van der Waals surface area contributed by atoms with Gasteiger partial charge < -0.3 is 4.42 Å². The zero-order valence-corrected chi connectivity index (χ0v) is 16.3. The van der Waals surface area contributed by atoms with Crippen molar-refractivity contribution in [3.05, 3.63) is 67.4 Å². The van der Waals surface area contributed by atoms with Crippen molar-refractivity contribution in [1.82, 2.24) is 14.9 Å². The van der Waals surface area contributed by atoms with Crippen LogP contribution in [0.1, 0.15) is 22.4 Å². The Morgan fingerprint density at radius 1 is 1.29 bits per heavy atom. The summed E-state index contributed by atoms with van der Waals surface area (Å²) in [5.41, 5.74) is 2.40. The summed E-state index contributed by atoms with van der Waals surface area (Å²) in [6, 6.07) is 5.46. The van der Waals surface area contributed by atoms with Gasteiger partial charge in [-0.25, -0.2) is 13.4 Å². The van der Waals surface area contributed by atoms with Gasteiger partial charge in [0.2, 0.25) is 15.0 Å². The Kier molecular flexibility index (Phi) is 4.43. The largest absolute Gasteiger partial charge is 0.464 e. The van der Waals surface area contributed by atoms with Crippen LogP contribution in [0, 0.1) is 6.92 Å². The van der Waals surface area contributed by atoms with Crippen LogP contribution in [0.2, 0.25) is 0 Å². The lowest BCUT2D eigenvalue weighted by Gasteiger charge is -2.27. The highest BCUT2D eigenvalue weighted by atomic mass is 32.2. The fraction of sp³-hybridized carbons (Fsp3) is 0.316. The lowest BCUT2D eigenvalue weighted by Crippen LogP contribution is -2.37. The number of rotatable bonds is 3. The van der Waals surface area contributed by atoms with Crippen LogP contribution >= 0.6 is 0 Å². The van der Waals surface area contributed by atoms with Gasteiger partial charge in [0.25, 0.3) is 5.56 Å². The van der Waals surface area contributed by atoms with Crippen molar-refractivity contribution in [2.45, 2.75) is 31.6 Å². The Balaban J connectivity index is 1.64. The molecule has 0 saturated carbocycles. The molecule has 3 heterocycles. The first-order valence-electron chi connectivity index (χ1n) is 8.78. The fourth-order valence-electron chi connectivity index (χ4n) is 3.40. The second kappa shape index (κ2) is 6.68. The van der Waals surface area contributed by atoms with Crippen LogP contribution in [0.15, 0.2) is 43.6 Å². The van der Waals surface area contributed by atoms with E-state index < -0.39 is 15.4 Å². The van der Waals surface area contributed by atoms with Gasteiger partial charge in [0.05, 0.1) is 22.9 Å². The third-order valence-electron chi connectivity index (χ3n) is 4.87. The Bertz CT molecular complexity index is 1310. The first-order valence-corrected chi connectivity index (χ1v) is 10.7. The third-order valence-corrected chi connectivity index (χ3v) is 5.77. The molecular formula is C19H19N3O5S. The van der Waals surface area contributed by atoms with Gasteiger partial charge in [-0.1, -0.05) is 11.6 Å². The van der Waals surface area contributed by atoms with Crippen LogP contribution in [-0.4, -0.2) is 36.1 Å². The van der Waals surface area contributed by atoms with Gasteiger partial charge in [-0.3, -0.25) is 19.5 Å². The summed E-state index contributed by atoms with van der Waals surface area (Å²) in [6.07, 6.45) is 2.90. The molecule has 9 heteroatoms. The maximum absolute atomic E-state index is 12.8. The fourth-order valence-corrected chi connectivity index (χ4v) is 3.96. The molecule has 0 fully saturated rings. The van der Waals surface area contributed by atoms with E-state index in [1.54, 1.807) is 12.1 Å². The average Bonchev–Trinajstić information content (AvgIpc) is 2.64. The molecule has 146 valence electrons. The van der Waals surface area contributed by atoms with Crippen molar-refractivity contribution in [3.63, 3.8) is 0 Å². The SMILES string of the molecule is Cc1ccc2occ(CN3CCc4nc(S(C)(=O)=O)[nH]c(=O)c4C3)c(=O)c2c1. The molecule has 1 aliphatic heterocycles. The quantitative estimate of drug-likeness (QED) is 0.655. The summed E-state index contributed by atoms with van der Waals surface area (Å²) in [5.74, 6) is 0. The molecule has 0 aliphatic carbocycles. The molecule has 2 aromatic heterocycles. The minimum absolute atomic E-state index is 0.0878. The van der Waals surface area contributed by atoms with Gasteiger partial charge in [-0.05, 0) is 19.1 Å². The summed E-state index contributed by atoms with van der Waals surface area (Å²) in [4.78, 5) is 33.5. The topological polar surface area (TPSA) is 113 Å². The number of benzene rings is 1. The molecule has 28 heavy (non-hydrogen) atoms. The van der Waals surface area contributed by atoms with Crippen molar-refractivity contribution >= 4 is 20.8 Å². The summed E-state index contributed by atoms with van der Waals surface area (Å²) in [5, 5.41) is 0.225. The molecule has 0 unspecified atom stereocenters. The lowest BCUT2D eigenvalue weighted by atomic mass is 10.1. The Labute approximate surface area is 160 Å². The molecule has 0 bridgehead atoms. The lowest BCUT2D eigenvalue weighted by molar-refractivity contribution is 0.238. The molecule has 8 nitrogen and oxygen atoms in total. The van der Waals surface area contributed by atoms with Gasteiger partial charge in [0, 0.05) is 37.9 Å². The van der Waals surface area contributed by atoms with Gasteiger partial charge in [-0.15, -0.1) is 0 Å². The molecule has 0 saturated heterocycles. The van der Waals surface area contributed by atoms with E-state index in [2.05, 4.69) is 9.97 Å². The molecule has 1 N–H and O–H groups in total. The number of nitrogens with zero attached hydrogens (tertiary/aromatic N) is 2. The van der Waals surface area contributed by atoms with Crippen LogP contribution in [0.4, 0.5) is 0 Å². The number of nitrogens with one attached hydrogen (secondary N) is 1. The minimum Gasteiger partial charge on any atom is -0.464 e. The van der Waals surface area contributed by atoms with E-state index in [0.29, 0.717) is 47.3 Å². The average molecular weight is 401 g/mol. The Morgan fingerprint density at radius 3 is 2.82 bits per heavy atom. The van der Waals surface area contributed by atoms with E-state index in [4.69, 9.17) is 4.42 Å². The number of hydrogen-bond acceptors (Lipinski definition) is 7. The van der Waals surface area contributed by atoms with Crippen LogP contribution < -0.4 is 11.0 Å². The van der Waals surface area contributed by atoms with Crippen molar-refractivity contribution < 1.29 is 12.8 Å². The van der Waals surface area contributed by atoms with E-state index in [1.165, 1.54) is 6.26 Å². The maximum atomic E-state index is 12.8. The van der Waals surface area contributed by atoms with Crippen LogP contribution in [0.3, 0.4) is 0 Å². The first kappa shape index (κ1) is 18.6. The zero-order chi connectivity index (χ0) is 20.1. The molecule has 1 aliphatic rings. The van der Waals surface area contributed by atoms with Gasteiger partial charge in [0.1, 0.15) is 5.58 Å². The summed E-state index contributed by atoms with van der Waals surface area (Å²) in [6.45, 7) is 3.08. The number of hydrogen-bond donors (Lipinski definition) is 1. The standard InChI is InChI=1S/C19H19N3O5S/c1-11-3-4-16-13(7-11)17(23)12(10-27-16)8-22-6-5-15-14(9-22)18(24)21-19(20-15)28(2,25)26/h3-4,7,10H,5-6,8-9H2,1-2H3,(H,20,21,24). The molecule has 1 aromatic carbocycles. The molecule has 0 atom stereocenters. The second-order valence-corrected chi connectivity index (χ2v) is 9.05. The molecule has 0 spiro atoms. The maximum Gasteiger partial charge on any atom is 0.256 e. The molecule has 0 radical (unpaired) electrons. The van der Waals surface area contributed by atoms with E-state index in [9.17, 15) is 18.0 Å². The minimum atomic E-state index is -3.58. The highest BCUT2D eigenvalue weighted by Gasteiger charge is 2.24. The van der Waals surface area contributed by atoms with Gasteiger partial charge in [0.15, 0.2) is 5.43 Å². The van der Waals surface area contributed by atoms with Gasteiger partial charge in [-0.2, -0.15) is 0 Å². The molecule has 4 rings (SSSR count). The smallest absolute Gasteiger partial charge is 0.256 e. The van der Waals surface area contributed by atoms with E-state index in [0.717, 1.165) is 11.8 Å². The number of aromatic amines is 1. The van der Waals surface area contributed by atoms with Crippen LogP contribution in [-0.2, 0) is 29.3 Å². The van der Waals surface area contributed by atoms with Crippen molar-refractivity contribution in [2.75, 3.05) is 12.8 Å². The predicted molar refractivity (Wildman–Crippen MR) is 103 cm³/mol. The highest BCUT2D eigenvalue weighted by molar-refractivity contribution is 7.90. The van der Waals surface area contributed by atoms with E-state index in [1.807, 2.05) is 17.9 Å². The van der Waals surface area contributed by atoms with E-state index >= 15 is 0 Å². The van der Waals surface area contributed by atoms with Crippen LogP contribution in [0.25, 0.3) is 11.0 Å². The summed E-state index contributed by atoms with van der Waals surface area (Å²) < 4.78 is 28.9. The summed E-state index contributed by atoms with van der Waals surface area (Å²) in [7, 11) is -3.58. The normalized spacial score (nSPS) is 14.9. The number of fused-ring (bicyclic) bond motifs is 2. The Hall–Kier alpha value is -2.78. The highest BCUT2D eigenvalue weighted by Crippen LogP contribution is 2.18. The monoisotopic (exact) mass is 401 g/mol. The van der Waals surface area contributed by atoms with Crippen molar-refractivity contribution in [1.29, 1.82) is 0 Å². The number of sulfone groups is 1. The second-order valence-electron chi connectivity index (χ2n) is 7.12. The molecule has 3 aromatic rings. The molecular weight excluding hydrogens is 382 g/mol. The Morgan fingerprint density at radius 2 is 2.07 bits per heavy atom. The van der Waals surface area contributed by atoms with Crippen molar-refractivity contribution in [2.24, 2.45) is 0 Å². The number of aryl methyl sites for hydroxylation is 1. The van der Waals surface area contributed by atoms with Crippen LogP contribution in [0.5, 0.6) is 0 Å². The number of H-pyrrole nitrogens is 1. The first-order chi connectivity index (χ1) is 13.2. The zero-order valence-electron chi connectivity index (χ0n) is 15.5.